The number of ether oxygens (including phenoxy) is 1. The maximum atomic E-state index is 13.4. The SMILES string of the molecule is Cc1ccc([N+](=O)[O-])c(OCc2nc3ccccc3c(=O)n2-c2ccc(F)cc2)c1. The van der Waals surface area contributed by atoms with E-state index in [0.29, 0.717) is 16.6 Å². The van der Waals surface area contributed by atoms with Gasteiger partial charge in [0.25, 0.3) is 5.56 Å². The van der Waals surface area contributed by atoms with E-state index in [2.05, 4.69) is 4.98 Å². The molecule has 0 fully saturated rings. The van der Waals surface area contributed by atoms with Crippen LogP contribution < -0.4 is 10.3 Å². The minimum Gasteiger partial charge on any atom is -0.479 e. The van der Waals surface area contributed by atoms with Gasteiger partial charge in [0.1, 0.15) is 12.4 Å². The van der Waals surface area contributed by atoms with E-state index in [-0.39, 0.29) is 29.4 Å². The molecular formula is C22H16FN3O4. The van der Waals surface area contributed by atoms with E-state index in [4.69, 9.17) is 4.74 Å². The van der Waals surface area contributed by atoms with Crippen LogP contribution in [0, 0.1) is 22.9 Å². The van der Waals surface area contributed by atoms with Crippen molar-refractivity contribution in [1.29, 1.82) is 0 Å². The average Bonchev–Trinajstić information content (AvgIpc) is 2.73. The summed E-state index contributed by atoms with van der Waals surface area (Å²) in [6.07, 6.45) is 0. The minimum atomic E-state index is -0.532. The lowest BCUT2D eigenvalue weighted by Gasteiger charge is -2.14. The molecule has 0 aliphatic heterocycles. The van der Waals surface area contributed by atoms with E-state index >= 15 is 0 Å². The van der Waals surface area contributed by atoms with Crippen molar-refractivity contribution in [3.63, 3.8) is 0 Å². The van der Waals surface area contributed by atoms with Crippen LogP contribution in [0.15, 0.2) is 71.5 Å². The van der Waals surface area contributed by atoms with Crippen LogP contribution >= 0.6 is 0 Å². The molecule has 0 aliphatic carbocycles. The van der Waals surface area contributed by atoms with Gasteiger partial charge in [-0.05, 0) is 55.0 Å². The summed E-state index contributed by atoms with van der Waals surface area (Å²) in [6, 6.07) is 16.8. The molecule has 1 aromatic heterocycles. The normalized spacial score (nSPS) is 10.9. The highest BCUT2D eigenvalue weighted by molar-refractivity contribution is 5.77. The van der Waals surface area contributed by atoms with Crippen LogP contribution in [-0.4, -0.2) is 14.5 Å². The lowest BCUT2D eigenvalue weighted by molar-refractivity contribution is -0.386. The van der Waals surface area contributed by atoms with Gasteiger partial charge in [0.15, 0.2) is 11.6 Å². The van der Waals surface area contributed by atoms with Crippen molar-refractivity contribution >= 4 is 16.6 Å². The standard InChI is InChI=1S/C22H16FN3O4/c1-14-6-11-19(26(28)29)20(12-14)30-13-21-24-18-5-3-2-4-17(18)22(27)25(21)16-9-7-15(23)8-10-16/h2-12H,13H2,1H3. The third-order valence-electron chi connectivity index (χ3n) is 4.60. The summed E-state index contributed by atoms with van der Waals surface area (Å²) >= 11 is 0. The van der Waals surface area contributed by atoms with Crippen LogP contribution in [0.25, 0.3) is 16.6 Å². The number of aromatic nitrogens is 2. The maximum absolute atomic E-state index is 13.4. The molecule has 4 rings (SSSR count). The first kappa shape index (κ1) is 19.3. The summed E-state index contributed by atoms with van der Waals surface area (Å²) in [6.45, 7) is 1.60. The van der Waals surface area contributed by atoms with Gasteiger partial charge in [-0.15, -0.1) is 0 Å². The van der Waals surface area contributed by atoms with Gasteiger partial charge in [-0.2, -0.15) is 0 Å². The molecule has 0 unspecified atom stereocenters. The van der Waals surface area contributed by atoms with Gasteiger partial charge in [0, 0.05) is 6.07 Å². The summed E-state index contributed by atoms with van der Waals surface area (Å²) in [5.74, 6) is -0.122. The Morgan fingerprint density at radius 2 is 1.83 bits per heavy atom. The Balaban J connectivity index is 1.83. The number of benzene rings is 3. The number of nitrogens with zero attached hydrogens (tertiary/aromatic N) is 3. The fraction of sp³-hybridized carbons (Fsp3) is 0.0909. The summed E-state index contributed by atoms with van der Waals surface area (Å²) in [7, 11) is 0. The van der Waals surface area contributed by atoms with Crippen LogP contribution in [0.4, 0.5) is 10.1 Å². The first-order valence-electron chi connectivity index (χ1n) is 9.08. The number of aryl methyl sites for hydroxylation is 1. The number of nitro benzene ring substituents is 1. The first-order valence-corrected chi connectivity index (χ1v) is 9.08. The van der Waals surface area contributed by atoms with E-state index in [9.17, 15) is 19.3 Å². The Kier molecular flexibility index (Phi) is 4.97. The van der Waals surface area contributed by atoms with Crippen LogP contribution in [0.5, 0.6) is 5.75 Å². The monoisotopic (exact) mass is 405 g/mol. The molecule has 1 heterocycles. The van der Waals surface area contributed by atoms with E-state index in [1.54, 1.807) is 43.3 Å². The Labute approximate surface area is 170 Å². The zero-order valence-electron chi connectivity index (χ0n) is 15.9. The second-order valence-corrected chi connectivity index (χ2v) is 6.68. The molecule has 7 nitrogen and oxygen atoms in total. The number of halogens is 1. The number of fused-ring (bicyclic) bond motifs is 1. The van der Waals surface area contributed by atoms with Crippen LogP contribution in [-0.2, 0) is 6.61 Å². The second kappa shape index (κ2) is 7.75. The molecule has 8 heteroatoms. The van der Waals surface area contributed by atoms with Crippen molar-refractivity contribution in [2.75, 3.05) is 0 Å². The predicted octanol–water partition coefficient (Wildman–Crippen LogP) is 4.32. The Morgan fingerprint density at radius 1 is 1.10 bits per heavy atom. The van der Waals surface area contributed by atoms with E-state index < -0.39 is 10.7 Å². The lowest BCUT2D eigenvalue weighted by Crippen LogP contribution is -2.25. The molecule has 0 aliphatic rings. The number of para-hydroxylation sites is 1. The number of nitro groups is 1. The van der Waals surface area contributed by atoms with Crippen molar-refractivity contribution in [3.05, 3.63) is 104 Å². The molecule has 0 N–H and O–H groups in total. The fourth-order valence-corrected chi connectivity index (χ4v) is 3.16. The summed E-state index contributed by atoms with van der Waals surface area (Å²) in [5.41, 5.74) is 1.15. The molecule has 3 aromatic carbocycles. The molecular weight excluding hydrogens is 389 g/mol. The quantitative estimate of drug-likeness (QED) is 0.365. The summed E-state index contributed by atoms with van der Waals surface area (Å²) < 4.78 is 20.4. The third-order valence-corrected chi connectivity index (χ3v) is 4.60. The van der Waals surface area contributed by atoms with Gasteiger partial charge in [-0.3, -0.25) is 19.5 Å². The molecule has 0 amide bonds. The molecule has 30 heavy (non-hydrogen) atoms. The van der Waals surface area contributed by atoms with Gasteiger partial charge in [-0.1, -0.05) is 18.2 Å². The zero-order valence-corrected chi connectivity index (χ0v) is 15.9. The Bertz CT molecular complexity index is 1320. The molecule has 0 saturated carbocycles. The maximum Gasteiger partial charge on any atom is 0.310 e. The van der Waals surface area contributed by atoms with Gasteiger partial charge >= 0.3 is 5.69 Å². The summed E-state index contributed by atoms with van der Waals surface area (Å²) in [5, 5.41) is 11.7. The van der Waals surface area contributed by atoms with Gasteiger partial charge in [-0.25, -0.2) is 9.37 Å². The van der Waals surface area contributed by atoms with Gasteiger partial charge in [0.05, 0.1) is 21.5 Å². The molecule has 0 spiro atoms. The molecule has 0 atom stereocenters. The molecule has 0 bridgehead atoms. The smallest absolute Gasteiger partial charge is 0.310 e. The zero-order chi connectivity index (χ0) is 21.3. The van der Waals surface area contributed by atoms with E-state index in [1.807, 2.05) is 0 Å². The predicted molar refractivity (Wildman–Crippen MR) is 109 cm³/mol. The van der Waals surface area contributed by atoms with Crippen molar-refractivity contribution in [3.8, 4) is 11.4 Å². The van der Waals surface area contributed by atoms with E-state index in [1.165, 1.54) is 34.9 Å². The van der Waals surface area contributed by atoms with Crippen LogP contribution in [0.3, 0.4) is 0 Å². The lowest BCUT2D eigenvalue weighted by atomic mass is 10.2. The topological polar surface area (TPSA) is 87.3 Å². The van der Waals surface area contributed by atoms with E-state index in [0.717, 1.165) is 5.56 Å². The highest BCUT2D eigenvalue weighted by Crippen LogP contribution is 2.28. The van der Waals surface area contributed by atoms with Crippen LogP contribution in [0.2, 0.25) is 0 Å². The molecule has 150 valence electrons. The molecule has 0 saturated heterocycles. The Hall–Kier alpha value is -4.07. The van der Waals surface area contributed by atoms with Crippen molar-refractivity contribution in [2.24, 2.45) is 0 Å². The minimum absolute atomic E-state index is 0.0769. The number of hydrogen-bond acceptors (Lipinski definition) is 5. The second-order valence-electron chi connectivity index (χ2n) is 6.68. The first-order chi connectivity index (χ1) is 14.4. The number of hydrogen-bond donors (Lipinski definition) is 0. The largest absolute Gasteiger partial charge is 0.479 e. The molecule has 4 aromatic rings. The van der Waals surface area contributed by atoms with Crippen LogP contribution in [0.1, 0.15) is 11.4 Å². The highest BCUT2D eigenvalue weighted by Gasteiger charge is 2.18. The van der Waals surface area contributed by atoms with Crippen molar-refractivity contribution in [1.82, 2.24) is 9.55 Å². The third kappa shape index (κ3) is 3.62. The van der Waals surface area contributed by atoms with Crippen molar-refractivity contribution in [2.45, 2.75) is 13.5 Å². The van der Waals surface area contributed by atoms with Gasteiger partial charge < -0.3 is 4.74 Å². The fourth-order valence-electron chi connectivity index (χ4n) is 3.16. The van der Waals surface area contributed by atoms with Gasteiger partial charge in [0.2, 0.25) is 0 Å². The average molecular weight is 405 g/mol. The molecule has 0 radical (unpaired) electrons. The Morgan fingerprint density at radius 3 is 2.57 bits per heavy atom. The number of rotatable bonds is 5. The highest BCUT2D eigenvalue weighted by atomic mass is 19.1. The van der Waals surface area contributed by atoms with Crippen molar-refractivity contribution < 1.29 is 14.1 Å². The summed E-state index contributed by atoms with van der Waals surface area (Å²) in [4.78, 5) is 28.4.